The molecule has 3 rings (SSSR count). The van der Waals surface area contributed by atoms with Crippen LogP contribution in [0.15, 0.2) is 30.5 Å². The molecule has 2 heterocycles. The minimum Gasteiger partial charge on any atom is -0.369 e. The predicted molar refractivity (Wildman–Crippen MR) is 95.1 cm³/mol. The van der Waals surface area contributed by atoms with E-state index in [1.165, 1.54) is 6.07 Å². The van der Waals surface area contributed by atoms with Gasteiger partial charge in [-0.3, -0.25) is 14.7 Å². The molecule has 3 aromatic rings. The number of carbonyl (C=O) groups is 2. The highest BCUT2D eigenvalue weighted by Gasteiger charge is 2.19. The van der Waals surface area contributed by atoms with Gasteiger partial charge in [-0.25, -0.2) is 4.39 Å². The number of benzene rings is 1. The first-order valence-corrected chi connectivity index (χ1v) is 7.93. The van der Waals surface area contributed by atoms with Crippen LogP contribution in [0.1, 0.15) is 27.2 Å². The summed E-state index contributed by atoms with van der Waals surface area (Å²) in [6.45, 7) is 3.60. The zero-order chi connectivity index (χ0) is 18.8. The quantitative estimate of drug-likeness (QED) is 0.563. The topological polar surface area (TPSA) is 117 Å². The molecular weight excluding hydrogens is 337 g/mol. The van der Waals surface area contributed by atoms with Crippen molar-refractivity contribution in [3.05, 3.63) is 58.7 Å². The lowest BCUT2D eigenvalue weighted by atomic mass is 10.1. The largest absolute Gasteiger partial charge is 0.369 e. The van der Waals surface area contributed by atoms with Crippen molar-refractivity contribution in [1.82, 2.24) is 15.2 Å². The number of H-pyrrole nitrogens is 2. The second kappa shape index (κ2) is 6.83. The molecule has 0 atom stereocenters. The molecule has 1 aromatic carbocycles. The number of amides is 2. The van der Waals surface area contributed by atoms with Crippen LogP contribution in [0, 0.1) is 19.7 Å². The lowest BCUT2D eigenvalue weighted by Gasteiger charge is -2.04. The van der Waals surface area contributed by atoms with E-state index >= 15 is 0 Å². The summed E-state index contributed by atoms with van der Waals surface area (Å²) in [6, 6.07) is 6.29. The first kappa shape index (κ1) is 17.4. The molecule has 0 aliphatic rings. The van der Waals surface area contributed by atoms with Crippen LogP contribution in [-0.4, -0.2) is 27.0 Å². The number of hydrogen-bond donors (Lipinski definition) is 4. The Hall–Kier alpha value is -3.42. The van der Waals surface area contributed by atoms with E-state index in [0.29, 0.717) is 28.1 Å². The third-order valence-corrected chi connectivity index (χ3v) is 3.97. The Bertz CT molecular complexity index is 989. The molecule has 26 heavy (non-hydrogen) atoms. The summed E-state index contributed by atoms with van der Waals surface area (Å²) < 4.78 is 14.0. The van der Waals surface area contributed by atoms with E-state index < -0.39 is 11.8 Å². The van der Waals surface area contributed by atoms with Gasteiger partial charge in [0.25, 0.3) is 5.91 Å². The van der Waals surface area contributed by atoms with Gasteiger partial charge in [-0.15, -0.1) is 0 Å². The fraction of sp³-hybridized carbons (Fsp3) is 0.167. The van der Waals surface area contributed by atoms with Gasteiger partial charge in [-0.2, -0.15) is 5.10 Å². The van der Waals surface area contributed by atoms with Gasteiger partial charge in [0.15, 0.2) is 5.82 Å². The first-order chi connectivity index (χ1) is 12.3. The molecule has 0 aliphatic carbocycles. The van der Waals surface area contributed by atoms with Crippen molar-refractivity contribution >= 4 is 17.6 Å². The van der Waals surface area contributed by atoms with Crippen LogP contribution >= 0.6 is 0 Å². The SMILES string of the molecule is Cc1ccc(F)c(-c2cc(NC(=O)c3c(C)c[nH]c3CC(N)=O)n[nH]2)c1. The van der Waals surface area contributed by atoms with Gasteiger partial charge >= 0.3 is 0 Å². The number of nitrogens with zero attached hydrogens (tertiary/aromatic N) is 1. The number of anilines is 1. The summed E-state index contributed by atoms with van der Waals surface area (Å²) in [4.78, 5) is 26.6. The van der Waals surface area contributed by atoms with Crippen LogP contribution in [0.4, 0.5) is 10.2 Å². The number of carbonyl (C=O) groups excluding carboxylic acids is 2. The molecule has 5 N–H and O–H groups in total. The molecule has 0 radical (unpaired) electrons. The van der Waals surface area contributed by atoms with E-state index in [1.807, 2.05) is 6.92 Å². The van der Waals surface area contributed by atoms with Crippen LogP contribution < -0.4 is 11.1 Å². The minimum atomic E-state index is -0.544. The summed E-state index contributed by atoms with van der Waals surface area (Å²) in [6.07, 6.45) is 1.56. The molecule has 0 bridgehead atoms. The normalized spacial score (nSPS) is 10.7. The summed E-state index contributed by atoms with van der Waals surface area (Å²) in [5.41, 5.74) is 8.38. The molecule has 0 fully saturated rings. The van der Waals surface area contributed by atoms with E-state index in [0.717, 1.165) is 5.56 Å². The molecule has 0 saturated heterocycles. The van der Waals surface area contributed by atoms with Crippen LogP contribution in [0.3, 0.4) is 0 Å². The highest BCUT2D eigenvalue weighted by molar-refractivity contribution is 6.06. The van der Waals surface area contributed by atoms with Gasteiger partial charge in [0, 0.05) is 23.5 Å². The fourth-order valence-electron chi connectivity index (χ4n) is 2.76. The predicted octanol–water partition coefficient (Wildman–Crippen LogP) is 2.44. The maximum Gasteiger partial charge on any atom is 0.258 e. The van der Waals surface area contributed by atoms with Gasteiger partial charge in [-0.1, -0.05) is 11.6 Å². The monoisotopic (exact) mass is 355 g/mol. The van der Waals surface area contributed by atoms with Crippen molar-refractivity contribution in [2.24, 2.45) is 5.73 Å². The maximum absolute atomic E-state index is 14.0. The third-order valence-electron chi connectivity index (χ3n) is 3.97. The second-order valence-corrected chi connectivity index (χ2v) is 6.07. The Morgan fingerprint density at radius 1 is 1.27 bits per heavy atom. The molecule has 0 aliphatic heterocycles. The van der Waals surface area contributed by atoms with E-state index in [4.69, 9.17) is 5.73 Å². The molecule has 8 heteroatoms. The fourth-order valence-corrected chi connectivity index (χ4v) is 2.76. The standard InChI is InChI=1S/C18H18FN5O2/c1-9-3-4-12(19)11(5-9)13-7-16(24-23-13)22-18(26)17-10(2)8-21-14(17)6-15(20)25/h3-5,7-8,21H,6H2,1-2H3,(H2,20,25)(H2,22,23,24,26). The summed E-state index contributed by atoms with van der Waals surface area (Å²) in [7, 11) is 0. The summed E-state index contributed by atoms with van der Waals surface area (Å²) in [5.74, 6) is -1.11. The molecule has 7 nitrogen and oxygen atoms in total. The van der Waals surface area contributed by atoms with Gasteiger partial charge in [0.1, 0.15) is 5.82 Å². The van der Waals surface area contributed by atoms with Crippen molar-refractivity contribution in [3.8, 4) is 11.3 Å². The number of rotatable bonds is 5. The number of primary amides is 1. The van der Waals surface area contributed by atoms with E-state index in [2.05, 4.69) is 20.5 Å². The zero-order valence-corrected chi connectivity index (χ0v) is 14.3. The molecule has 0 spiro atoms. The van der Waals surface area contributed by atoms with Crippen molar-refractivity contribution in [2.45, 2.75) is 20.3 Å². The average Bonchev–Trinajstić information content (AvgIpc) is 3.16. The Kier molecular flexibility index (Phi) is 4.57. The second-order valence-electron chi connectivity index (χ2n) is 6.07. The first-order valence-electron chi connectivity index (χ1n) is 7.93. The number of hydrogen-bond acceptors (Lipinski definition) is 3. The van der Waals surface area contributed by atoms with Crippen molar-refractivity contribution in [2.75, 3.05) is 5.32 Å². The molecule has 2 amide bonds. The molecule has 134 valence electrons. The van der Waals surface area contributed by atoms with E-state index in [-0.39, 0.29) is 18.1 Å². The Morgan fingerprint density at radius 2 is 2.04 bits per heavy atom. The number of aromatic amines is 2. The molecule has 2 aromatic heterocycles. The average molecular weight is 355 g/mol. The van der Waals surface area contributed by atoms with Crippen LogP contribution in [0.25, 0.3) is 11.3 Å². The summed E-state index contributed by atoms with van der Waals surface area (Å²) in [5, 5.41) is 9.37. The molecular formula is C18H18FN5O2. The van der Waals surface area contributed by atoms with Crippen molar-refractivity contribution < 1.29 is 14.0 Å². The Balaban J connectivity index is 1.84. The number of halogens is 1. The Labute approximate surface area is 148 Å². The van der Waals surface area contributed by atoms with Crippen LogP contribution in [-0.2, 0) is 11.2 Å². The smallest absolute Gasteiger partial charge is 0.258 e. The maximum atomic E-state index is 14.0. The molecule has 0 saturated carbocycles. The number of aromatic nitrogens is 3. The van der Waals surface area contributed by atoms with Crippen molar-refractivity contribution in [1.29, 1.82) is 0 Å². The van der Waals surface area contributed by atoms with Crippen LogP contribution in [0.5, 0.6) is 0 Å². The number of nitrogens with one attached hydrogen (secondary N) is 3. The van der Waals surface area contributed by atoms with Gasteiger partial charge in [0.05, 0.1) is 17.7 Å². The number of aryl methyl sites for hydroxylation is 2. The third kappa shape index (κ3) is 3.49. The zero-order valence-electron chi connectivity index (χ0n) is 14.3. The van der Waals surface area contributed by atoms with E-state index in [9.17, 15) is 14.0 Å². The highest BCUT2D eigenvalue weighted by Crippen LogP contribution is 2.24. The lowest BCUT2D eigenvalue weighted by Crippen LogP contribution is -2.19. The molecule has 0 unspecified atom stereocenters. The van der Waals surface area contributed by atoms with Crippen LogP contribution in [0.2, 0.25) is 0 Å². The van der Waals surface area contributed by atoms with Gasteiger partial charge in [-0.05, 0) is 31.5 Å². The van der Waals surface area contributed by atoms with E-state index in [1.54, 1.807) is 31.3 Å². The van der Waals surface area contributed by atoms with Gasteiger partial charge in [0.2, 0.25) is 5.91 Å². The van der Waals surface area contributed by atoms with Crippen molar-refractivity contribution in [3.63, 3.8) is 0 Å². The Morgan fingerprint density at radius 3 is 2.77 bits per heavy atom. The van der Waals surface area contributed by atoms with Gasteiger partial charge < -0.3 is 16.0 Å². The highest BCUT2D eigenvalue weighted by atomic mass is 19.1. The number of nitrogens with two attached hydrogens (primary N) is 1. The lowest BCUT2D eigenvalue weighted by molar-refractivity contribution is -0.117. The minimum absolute atomic E-state index is 0.0725. The summed E-state index contributed by atoms with van der Waals surface area (Å²) >= 11 is 0.